The molecule has 1 aromatic carbocycles. The quantitative estimate of drug-likeness (QED) is 0.701. The standard InChI is InChI=1S/C21H25FN2O4S/c1-13(2)19-18(21(25)28-3)17(14-8-10-15(22)11-9-14)16-7-5-6-12-24(20(16)23-19)29(4,26)27/h8-11,13H,5-7,12H2,1-4H3. The van der Waals surface area contributed by atoms with Gasteiger partial charge in [0.05, 0.1) is 24.6 Å². The summed E-state index contributed by atoms with van der Waals surface area (Å²) in [6.07, 6.45) is 3.14. The highest BCUT2D eigenvalue weighted by Crippen LogP contribution is 2.40. The molecule has 0 saturated heterocycles. The molecule has 1 aliphatic heterocycles. The van der Waals surface area contributed by atoms with E-state index in [0.717, 1.165) is 12.7 Å². The normalized spacial score (nSPS) is 14.5. The van der Waals surface area contributed by atoms with Crippen LogP contribution in [0, 0.1) is 5.82 Å². The molecule has 0 fully saturated rings. The lowest BCUT2D eigenvalue weighted by molar-refractivity contribution is 0.0599. The maximum atomic E-state index is 13.6. The van der Waals surface area contributed by atoms with Crippen molar-refractivity contribution in [2.24, 2.45) is 0 Å². The van der Waals surface area contributed by atoms with Crippen molar-refractivity contribution >= 4 is 21.8 Å². The van der Waals surface area contributed by atoms with Gasteiger partial charge >= 0.3 is 5.97 Å². The van der Waals surface area contributed by atoms with Crippen LogP contribution >= 0.6 is 0 Å². The molecule has 0 atom stereocenters. The van der Waals surface area contributed by atoms with Crippen LogP contribution in [0.4, 0.5) is 10.2 Å². The van der Waals surface area contributed by atoms with E-state index in [-0.39, 0.29) is 5.92 Å². The molecule has 8 heteroatoms. The Morgan fingerprint density at radius 1 is 1.21 bits per heavy atom. The minimum absolute atomic E-state index is 0.154. The summed E-state index contributed by atoms with van der Waals surface area (Å²) < 4.78 is 44.9. The number of methoxy groups -OCH3 is 1. The van der Waals surface area contributed by atoms with Crippen LogP contribution in [-0.2, 0) is 21.2 Å². The van der Waals surface area contributed by atoms with E-state index in [1.165, 1.54) is 23.5 Å². The lowest BCUT2D eigenvalue weighted by Gasteiger charge is -2.26. The SMILES string of the molecule is COC(=O)c1c(C(C)C)nc2c(c1-c1ccc(F)cc1)CCCCN2S(C)(=O)=O. The van der Waals surface area contributed by atoms with Crippen molar-refractivity contribution in [1.29, 1.82) is 0 Å². The Balaban J connectivity index is 2.46. The van der Waals surface area contributed by atoms with Crippen LogP contribution in [0.5, 0.6) is 0 Å². The number of nitrogens with zero attached hydrogens (tertiary/aromatic N) is 2. The molecule has 6 nitrogen and oxygen atoms in total. The minimum atomic E-state index is -3.55. The zero-order valence-corrected chi connectivity index (χ0v) is 17.8. The fraction of sp³-hybridized carbons (Fsp3) is 0.429. The maximum Gasteiger partial charge on any atom is 0.340 e. The van der Waals surface area contributed by atoms with Crippen molar-refractivity contribution in [2.75, 3.05) is 24.2 Å². The van der Waals surface area contributed by atoms with Gasteiger partial charge in [-0.15, -0.1) is 0 Å². The van der Waals surface area contributed by atoms with Crippen LogP contribution in [0.1, 0.15) is 54.2 Å². The number of sulfonamides is 1. The molecule has 0 unspecified atom stereocenters. The first-order chi connectivity index (χ1) is 13.6. The van der Waals surface area contributed by atoms with Gasteiger partial charge in [-0.2, -0.15) is 0 Å². The van der Waals surface area contributed by atoms with Crippen LogP contribution < -0.4 is 4.31 Å². The van der Waals surface area contributed by atoms with E-state index < -0.39 is 21.8 Å². The van der Waals surface area contributed by atoms with E-state index in [1.54, 1.807) is 12.1 Å². The number of fused-ring (bicyclic) bond motifs is 1. The number of halogens is 1. The molecule has 1 aliphatic rings. The average molecular weight is 421 g/mol. The fourth-order valence-electron chi connectivity index (χ4n) is 3.72. The topological polar surface area (TPSA) is 76.6 Å². The van der Waals surface area contributed by atoms with Crippen molar-refractivity contribution in [3.63, 3.8) is 0 Å². The van der Waals surface area contributed by atoms with Gasteiger partial charge in [-0.1, -0.05) is 26.0 Å². The molecule has 0 spiro atoms. The number of aromatic nitrogens is 1. The highest BCUT2D eigenvalue weighted by Gasteiger charge is 2.32. The van der Waals surface area contributed by atoms with Crippen molar-refractivity contribution in [2.45, 2.75) is 39.0 Å². The molecule has 2 heterocycles. The van der Waals surface area contributed by atoms with Crippen LogP contribution in [-0.4, -0.2) is 39.3 Å². The Labute approximate surface area is 170 Å². The van der Waals surface area contributed by atoms with E-state index in [9.17, 15) is 17.6 Å². The summed E-state index contributed by atoms with van der Waals surface area (Å²) >= 11 is 0. The molecule has 2 aromatic rings. The Bertz CT molecular complexity index is 1030. The molecule has 0 radical (unpaired) electrons. The summed E-state index contributed by atoms with van der Waals surface area (Å²) in [5, 5.41) is 0. The Kier molecular flexibility index (Phi) is 5.93. The number of anilines is 1. The number of rotatable bonds is 4. The summed E-state index contributed by atoms with van der Waals surface area (Å²) in [6, 6.07) is 5.83. The average Bonchev–Trinajstić information content (AvgIpc) is 2.88. The van der Waals surface area contributed by atoms with Crippen molar-refractivity contribution in [1.82, 2.24) is 4.98 Å². The first-order valence-corrected chi connectivity index (χ1v) is 11.4. The highest BCUT2D eigenvalue weighted by molar-refractivity contribution is 7.92. The number of benzene rings is 1. The van der Waals surface area contributed by atoms with Gasteiger partial charge < -0.3 is 4.74 Å². The largest absolute Gasteiger partial charge is 0.465 e. The molecule has 0 amide bonds. The van der Waals surface area contributed by atoms with Crippen LogP contribution in [0.25, 0.3) is 11.1 Å². The number of ether oxygens (including phenoxy) is 1. The second kappa shape index (κ2) is 8.10. The highest BCUT2D eigenvalue weighted by atomic mass is 32.2. The minimum Gasteiger partial charge on any atom is -0.465 e. The van der Waals surface area contributed by atoms with E-state index in [0.29, 0.717) is 53.2 Å². The Morgan fingerprint density at radius 2 is 1.86 bits per heavy atom. The summed E-state index contributed by atoms with van der Waals surface area (Å²) in [5.41, 5.74) is 2.64. The predicted octanol–water partition coefficient (Wildman–Crippen LogP) is 3.90. The van der Waals surface area contributed by atoms with E-state index in [4.69, 9.17) is 4.74 Å². The van der Waals surface area contributed by atoms with Gasteiger partial charge in [0.2, 0.25) is 10.0 Å². The Hall–Kier alpha value is -2.48. The van der Waals surface area contributed by atoms with Crippen LogP contribution in [0.3, 0.4) is 0 Å². The fourth-order valence-corrected chi connectivity index (χ4v) is 4.64. The first-order valence-electron chi connectivity index (χ1n) is 9.53. The number of hydrogen-bond donors (Lipinski definition) is 0. The lowest BCUT2D eigenvalue weighted by Crippen LogP contribution is -2.32. The van der Waals surface area contributed by atoms with Crippen LogP contribution in [0.2, 0.25) is 0 Å². The molecule has 0 bridgehead atoms. The molecule has 156 valence electrons. The number of carbonyl (C=O) groups excluding carboxylic acids is 1. The number of pyridine rings is 1. The summed E-state index contributed by atoms with van der Waals surface area (Å²) in [7, 11) is -2.25. The summed E-state index contributed by atoms with van der Waals surface area (Å²) in [6.45, 7) is 4.10. The first kappa shape index (κ1) is 21.2. The van der Waals surface area contributed by atoms with E-state index in [1.807, 2.05) is 13.8 Å². The smallest absolute Gasteiger partial charge is 0.340 e. The molecular formula is C21H25FN2O4S. The third kappa shape index (κ3) is 4.12. The zero-order chi connectivity index (χ0) is 21.3. The molecule has 1 aromatic heterocycles. The van der Waals surface area contributed by atoms with E-state index >= 15 is 0 Å². The van der Waals surface area contributed by atoms with Crippen molar-refractivity contribution in [3.8, 4) is 11.1 Å². The summed E-state index contributed by atoms with van der Waals surface area (Å²) in [5.74, 6) is -0.743. The van der Waals surface area contributed by atoms with Gasteiger partial charge in [-0.25, -0.2) is 22.6 Å². The second-order valence-corrected chi connectivity index (χ2v) is 9.40. The second-order valence-electron chi connectivity index (χ2n) is 7.49. The third-order valence-electron chi connectivity index (χ3n) is 5.05. The summed E-state index contributed by atoms with van der Waals surface area (Å²) in [4.78, 5) is 17.4. The van der Waals surface area contributed by atoms with Gasteiger partial charge in [0, 0.05) is 17.7 Å². The number of carbonyl (C=O) groups is 1. The van der Waals surface area contributed by atoms with Crippen LogP contribution in [0.15, 0.2) is 24.3 Å². The third-order valence-corrected chi connectivity index (χ3v) is 6.20. The molecular weight excluding hydrogens is 395 g/mol. The molecule has 0 N–H and O–H groups in total. The molecule has 3 rings (SSSR count). The van der Waals surface area contributed by atoms with Gasteiger partial charge in [-0.3, -0.25) is 4.31 Å². The monoisotopic (exact) mass is 420 g/mol. The molecule has 29 heavy (non-hydrogen) atoms. The van der Waals surface area contributed by atoms with Crippen molar-refractivity contribution < 1.29 is 22.3 Å². The number of esters is 1. The molecule has 0 aliphatic carbocycles. The van der Waals surface area contributed by atoms with Gasteiger partial charge in [-0.05, 0) is 42.9 Å². The molecule has 0 saturated carbocycles. The zero-order valence-electron chi connectivity index (χ0n) is 17.0. The van der Waals surface area contributed by atoms with Gasteiger partial charge in [0.15, 0.2) is 0 Å². The van der Waals surface area contributed by atoms with Crippen molar-refractivity contribution in [3.05, 3.63) is 46.9 Å². The van der Waals surface area contributed by atoms with Gasteiger partial charge in [0.25, 0.3) is 0 Å². The lowest BCUT2D eigenvalue weighted by atomic mass is 9.89. The maximum absolute atomic E-state index is 13.6. The number of hydrogen-bond acceptors (Lipinski definition) is 5. The van der Waals surface area contributed by atoms with E-state index in [2.05, 4.69) is 4.98 Å². The Morgan fingerprint density at radius 3 is 2.41 bits per heavy atom. The van der Waals surface area contributed by atoms with Gasteiger partial charge in [0.1, 0.15) is 11.6 Å². The predicted molar refractivity (Wildman–Crippen MR) is 110 cm³/mol.